The third kappa shape index (κ3) is 2.03. The average Bonchev–Trinajstić information content (AvgIpc) is 2.49. The third-order valence-corrected chi connectivity index (χ3v) is 2.74. The Morgan fingerprint density at radius 2 is 2.33 bits per heavy atom. The van der Waals surface area contributed by atoms with Crippen LogP contribution in [0.4, 0.5) is 10.1 Å². The van der Waals surface area contributed by atoms with Crippen LogP contribution in [0.15, 0.2) is 12.1 Å². The van der Waals surface area contributed by atoms with Gasteiger partial charge in [-0.3, -0.25) is 0 Å². The lowest BCUT2D eigenvalue weighted by Gasteiger charge is -2.04. The fraction of sp³-hybridized carbons (Fsp3) is 0.364. The average molecular weight is 228 g/mol. The first-order valence-corrected chi connectivity index (χ1v) is 5.29. The molecule has 2 nitrogen and oxygen atoms in total. The van der Waals surface area contributed by atoms with E-state index in [9.17, 15) is 4.39 Å². The molecule has 1 aromatic rings. The van der Waals surface area contributed by atoms with Gasteiger partial charge >= 0.3 is 0 Å². The Kier molecular flexibility index (Phi) is 2.76. The van der Waals surface area contributed by atoms with Crippen LogP contribution < -0.4 is 5.73 Å². The van der Waals surface area contributed by atoms with Gasteiger partial charge in [0.2, 0.25) is 5.69 Å². The third-order valence-electron chi connectivity index (χ3n) is 2.45. The number of fused-ring (bicyclic) bond motifs is 1. The molecule has 0 bridgehead atoms. The number of nitrogens with two attached hydrogens (primary N) is 1. The highest BCUT2D eigenvalue weighted by Gasteiger charge is 2.24. The maximum absolute atomic E-state index is 13.2. The molecule has 1 aliphatic heterocycles. The second-order valence-corrected chi connectivity index (χ2v) is 4.32. The van der Waals surface area contributed by atoms with E-state index >= 15 is 0 Å². The SMILES string of the molecule is C[C@H](N)C[N+]1=CCc2cc(F)c(Cl)cc21. The zero-order valence-corrected chi connectivity index (χ0v) is 9.26. The molecule has 0 amide bonds. The molecule has 1 atom stereocenters. The zero-order valence-electron chi connectivity index (χ0n) is 8.50. The van der Waals surface area contributed by atoms with Crippen molar-refractivity contribution < 1.29 is 8.97 Å². The van der Waals surface area contributed by atoms with Crippen molar-refractivity contribution in [2.45, 2.75) is 19.4 Å². The smallest absolute Gasteiger partial charge is 0.210 e. The first-order valence-electron chi connectivity index (χ1n) is 4.91. The number of halogens is 2. The molecule has 80 valence electrons. The maximum atomic E-state index is 13.2. The van der Waals surface area contributed by atoms with E-state index in [1.807, 2.05) is 17.7 Å². The van der Waals surface area contributed by atoms with E-state index in [1.54, 1.807) is 6.07 Å². The van der Waals surface area contributed by atoms with Gasteiger partial charge in [0.05, 0.1) is 17.5 Å². The Morgan fingerprint density at radius 1 is 1.60 bits per heavy atom. The zero-order chi connectivity index (χ0) is 11.0. The lowest BCUT2D eigenvalue weighted by Crippen LogP contribution is -2.26. The lowest BCUT2D eigenvalue weighted by atomic mass is 10.1. The van der Waals surface area contributed by atoms with E-state index < -0.39 is 0 Å². The molecule has 2 rings (SSSR count). The Morgan fingerprint density at radius 3 is 3.00 bits per heavy atom. The van der Waals surface area contributed by atoms with Gasteiger partial charge in [-0.1, -0.05) is 11.6 Å². The Balaban J connectivity index is 2.35. The molecular formula is C11H13ClFN2+. The summed E-state index contributed by atoms with van der Waals surface area (Å²) in [6.07, 6.45) is 2.76. The largest absolute Gasteiger partial charge is 0.323 e. The summed E-state index contributed by atoms with van der Waals surface area (Å²) in [7, 11) is 0. The van der Waals surface area contributed by atoms with Crippen molar-refractivity contribution in [2.75, 3.05) is 6.54 Å². The monoisotopic (exact) mass is 227 g/mol. The Hall–Kier alpha value is -0.930. The number of hydrogen-bond donors (Lipinski definition) is 1. The minimum absolute atomic E-state index is 0.0797. The summed E-state index contributed by atoms with van der Waals surface area (Å²) in [6.45, 7) is 2.67. The number of nitrogens with zero attached hydrogens (tertiary/aromatic N) is 1. The summed E-state index contributed by atoms with van der Waals surface area (Å²) in [4.78, 5) is 0. The van der Waals surface area contributed by atoms with Crippen LogP contribution in [0.3, 0.4) is 0 Å². The summed E-state index contributed by atoms with van der Waals surface area (Å²) >= 11 is 5.75. The highest BCUT2D eigenvalue weighted by molar-refractivity contribution is 6.31. The number of hydrogen-bond acceptors (Lipinski definition) is 1. The van der Waals surface area contributed by atoms with Crippen LogP contribution in [-0.4, -0.2) is 23.4 Å². The van der Waals surface area contributed by atoms with Crippen LogP contribution in [0.5, 0.6) is 0 Å². The van der Waals surface area contributed by atoms with Crippen molar-refractivity contribution in [1.29, 1.82) is 0 Å². The molecular weight excluding hydrogens is 215 g/mol. The molecule has 0 radical (unpaired) electrons. The van der Waals surface area contributed by atoms with Gasteiger partial charge in [-0.05, 0) is 13.0 Å². The Labute approximate surface area is 93.2 Å². The second-order valence-electron chi connectivity index (χ2n) is 3.91. The summed E-state index contributed by atoms with van der Waals surface area (Å²) < 4.78 is 15.2. The van der Waals surface area contributed by atoms with Crippen molar-refractivity contribution >= 4 is 23.5 Å². The molecule has 2 N–H and O–H groups in total. The van der Waals surface area contributed by atoms with Gasteiger partial charge in [-0.25, -0.2) is 8.97 Å². The molecule has 15 heavy (non-hydrogen) atoms. The molecule has 0 aromatic heterocycles. The summed E-state index contributed by atoms with van der Waals surface area (Å²) in [5.74, 6) is -0.355. The predicted octanol–water partition coefficient (Wildman–Crippen LogP) is 2.10. The first-order chi connectivity index (χ1) is 7.08. The summed E-state index contributed by atoms with van der Waals surface area (Å²) in [5, 5.41) is 0.165. The van der Waals surface area contributed by atoms with Crippen LogP contribution in [0.2, 0.25) is 5.02 Å². The van der Waals surface area contributed by atoms with Gasteiger partial charge in [0.15, 0.2) is 12.8 Å². The van der Waals surface area contributed by atoms with E-state index in [-0.39, 0.29) is 16.9 Å². The normalized spacial score (nSPS) is 16.1. The molecule has 0 spiro atoms. The fourth-order valence-electron chi connectivity index (χ4n) is 1.80. The van der Waals surface area contributed by atoms with E-state index in [2.05, 4.69) is 0 Å². The van der Waals surface area contributed by atoms with Crippen LogP contribution in [0, 0.1) is 5.82 Å². The number of benzene rings is 1. The second kappa shape index (κ2) is 3.91. The minimum Gasteiger partial charge on any atom is -0.323 e. The highest BCUT2D eigenvalue weighted by atomic mass is 35.5. The van der Waals surface area contributed by atoms with Crippen LogP contribution >= 0.6 is 11.6 Å². The highest BCUT2D eigenvalue weighted by Crippen LogP contribution is 2.29. The maximum Gasteiger partial charge on any atom is 0.210 e. The van der Waals surface area contributed by atoms with Crippen molar-refractivity contribution in [3.8, 4) is 0 Å². The first kappa shape index (κ1) is 10.6. The van der Waals surface area contributed by atoms with Crippen LogP contribution in [0.25, 0.3) is 0 Å². The van der Waals surface area contributed by atoms with Gasteiger partial charge in [-0.15, -0.1) is 0 Å². The quantitative estimate of drug-likeness (QED) is 0.771. The molecule has 1 heterocycles. The molecule has 1 aromatic carbocycles. The lowest BCUT2D eigenvalue weighted by molar-refractivity contribution is -0.435. The van der Waals surface area contributed by atoms with Gasteiger partial charge in [0, 0.05) is 11.6 Å². The molecule has 1 aliphatic rings. The van der Waals surface area contributed by atoms with Crippen molar-refractivity contribution in [1.82, 2.24) is 0 Å². The van der Waals surface area contributed by atoms with E-state index in [4.69, 9.17) is 17.3 Å². The molecule has 0 saturated carbocycles. The Bertz CT molecular complexity index is 427. The van der Waals surface area contributed by atoms with Gasteiger partial charge < -0.3 is 5.73 Å². The molecule has 0 fully saturated rings. The molecule has 0 aliphatic carbocycles. The van der Waals surface area contributed by atoms with Crippen molar-refractivity contribution in [3.05, 3.63) is 28.5 Å². The van der Waals surface area contributed by atoms with Crippen molar-refractivity contribution in [3.63, 3.8) is 0 Å². The van der Waals surface area contributed by atoms with Gasteiger partial charge in [0.1, 0.15) is 5.82 Å². The van der Waals surface area contributed by atoms with E-state index in [0.29, 0.717) is 0 Å². The van der Waals surface area contributed by atoms with Crippen LogP contribution in [0.1, 0.15) is 12.5 Å². The number of rotatable bonds is 2. The minimum atomic E-state index is -0.355. The summed E-state index contributed by atoms with van der Waals surface area (Å²) in [5.41, 5.74) is 7.67. The standard InChI is InChI=1S/C11H13ClFN2/c1-7(14)6-15-3-2-8-4-10(13)9(12)5-11(8)15/h3-5,7H,2,6,14H2,1H3/q+1/t7-/m0/s1. The molecule has 0 saturated heterocycles. The van der Waals surface area contributed by atoms with Gasteiger partial charge in [0.25, 0.3) is 0 Å². The van der Waals surface area contributed by atoms with Crippen LogP contribution in [-0.2, 0) is 6.42 Å². The fourth-order valence-corrected chi connectivity index (χ4v) is 1.96. The van der Waals surface area contributed by atoms with Gasteiger partial charge in [-0.2, -0.15) is 0 Å². The van der Waals surface area contributed by atoms with E-state index in [1.165, 1.54) is 6.07 Å². The predicted molar refractivity (Wildman–Crippen MR) is 59.6 cm³/mol. The van der Waals surface area contributed by atoms with E-state index in [0.717, 1.165) is 24.2 Å². The summed E-state index contributed by atoms with van der Waals surface area (Å²) in [6, 6.07) is 3.24. The topological polar surface area (TPSA) is 29.0 Å². The molecule has 4 heteroatoms. The van der Waals surface area contributed by atoms with Crippen molar-refractivity contribution in [2.24, 2.45) is 5.73 Å². The molecule has 0 unspecified atom stereocenters.